The van der Waals surface area contributed by atoms with Crippen molar-refractivity contribution in [2.24, 2.45) is 0 Å². The van der Waals surface area contributed by atoms with Crippen LogP contribution in [0, 0.1) is 13.7 Å². The van der Waals surface area contributed by atoms with Crippen LogP contribution in [-0.4, -0.2) is 16.6 Å². The number of ketones is 1. The highest BCUT2D eigenvalue weighted by atomic mass is 127. The van der Waals surface area contributed by atoms with Crippen LogP contribution in [0.1, 0.15) is 5.56 Å². The summed E-state index contributed by atoms with van der Waals surface area (Å²) in [5.74, 6) is -0.214. The van der Waals surface area contributed by atoms with Gasteiger partial charge in [-0.15, -0.1) is 11.6 Å². The molecule has 0 unspecified atom stereocenters. The molecule has 0 radical (unpaired) electrons. The number of carbonyl (C=O) groups is 1. The van der Waals surface area contributed by atoms with Gasteiger partial charge in [-0.3, -0.25) is 14.9 Å². The number of hydrogen-bond donors (Lipinski definition) is 0. The summed E-state index contributed by atoms with van der Waals surface area (Å²) in [5.41, 5.74) is 0.672. The summed E-state index contributed by atoms with van der Waals surface area (Å²) in [4.78, 5) is 21.3. The lowest BCUT2D eigenvalue weighted by Crippen LogP contribution is -2.06. The van der Waals surface area contributed by atoms with Crippen LogP contribution in [-0.2, 0) is 11.2 Å². The predicted molar refractivity (Wildman–Crippen MR) is 65.2 cm³/mol. The van der Waals surface area contributed by atoms with E-state index in [0.717, 1.165) is 0 Å². The van der Waals surface area contributed by atoms with Gasteiger partial charge < -0.3 is 0 Å². The molecule has 0 spiro atoms. The van der Waals surface area contributed by atoms with Gasteiger partial charge in [0.1, 0.15) is 0 Å². The standard InChI is InChI=1S/C9H7ClINO3/c10-5-7(13)4-6-2-1-3-8(9(6)11)12(14)15/h1-3H,4-5H2. The van der Waals surface area contributed by atoms with E-state index in [0.29, 0.717) is 9.13 Å². The van der Waals surface area contributed by atoms with Crippen molar-refractivity contribution in [3.63, 3.8) is 0 Å². The van der Waals surface area contributed by atoms with Gasteiger partial charge in [0.25, 0.3) is 5.69 Å². The van der Waals surface area contributed by atoms with Crippen LogP contribution < -0.4 is 0 Å². The normalized spacial score (nSPS) is 10.0. The highest BCUT2D eigenvalue weighted by Gasteiger charge is 2.15. The maximum atomic E-state index is 11.1. The van der Waals surface area contributed by atoms with E-state index in [4.69, 9.17) is 11.6 Å². The minimum absolute atomic E-state index is 0.0236. The quantitative estimate of drug-likeness (QED) is 0.366. The molecule has 6 heteroatoms. The maximum Gasteiger partial charge on any atom is 0.282 e. The van der Waals surface area contributed by atoms with Crippen molar-refractivity contribution >= 4 is 45.7 Å². The van der Waals surface area contributed by atoms with Crippen molar-refractivity contribution in [2.75, 3.05) is 5.88 Å². The number of nitro benzene ring substituents is 1. The highest BCUT2D eigenvalue weighted by Crippen LogP contribution is 2.24. The largest absolute Gasteiger partial charge is 0.298 e. The van der Waals surface area contributed by atoms with Gasteiger partial charge in [0, 0.05) is 12.5 Å². The highest BCUT2D eigenvalue weighted by molar-refractivity contribution is 14.1. The van der Waals surface area contributed by atoms with Crippen molar-refractivity contribution in [2.45, 2.75) is 6.42 Å². The Kier molecular flexibility index (Phi) is 4.46. The third-order valence-electron chi connectivity index (χ3n) is 1.79. The fourth-order valence-electron chi connectivity index (χ4n) is 1.10. The molecule has 1 rings (SSSR count). The summed E-state index contributed by atoms with van der Waals surface area (Å²) >= 11 is 7.24. The van der Waals surface area contributed by atoms with Crippen molar-refractivity contribution in [3.8, 4) is 0 Å². The number of halogens is 2. The van der Waals surface area contributed by atoms with Crippen LogP contribution in [0.25, 0.3) is 0 Å². The molecule has 0 saturated heterocycles. The second kappa shape index (κ2) is 5.41. The molecule has 0 fully saturated rings. The topological polar surface area (TPSA) is 60.2 Å². The number of nitrogens with zero attached hydrogens (tertiary/aromatic N) is 1. The van der Waals surface area contributed by atoms with Crippen molar-refractivity contribution in [1.82, 2.24) is 0 Å². The van der Waals surface area contributed by atoms with E-state index in [-0.39, 0.29) is 23.8 Å². The number of nitro groups is 1. The average molecular weight is 340 g/mol. The Morgan fingerprint density at radius 1 is 1.53 bits per heavy atom. The molecule has 0 aliphatic heterocycles. The van der Waals surface area contributed by atoms with Gasteiger partial charge in [-0.2, -0.15) is 0 Å². The third kappa shape index (κ3) is 3.13. The lowest BCUT2D eigenvalue weighted by molar-refractivity contribution is -0.385. The monoisotopic (exact) mass is 339 g/mol. The Bertz CT molecular complexity index is 408. The summed E-state index contributed by atoms with van der Waals surface area (Å²) in [7, 11) is 0. The molecule has 80 valence electrons. The minimum atomic E-state index is -0.462. The summed E-state index contributed by atoms with van der Waals surface area (Å²) in [6.07, 6.45) is 0.142. The molecule has 0 heterocycles. The first kappa shape index (κ1) is 12.4. The number of hydrogen-bond acceptors (Lipinski definition) is 3. The minimum Gasteiger partial charge on any atom is -0.298 e. The fraction of sp³-hybridized carbons (Fsp3) is 0.222. The summed E-state index contributed by atoms with van der Waals surface area (Å²) in [6, 6.07) is 4.67. The van der Waals surface area contributed by atoms with Gasteiger partial charge in [0.05, 0.1) is 14.4 Å². The Balaban J connectivity index is 3.04. The zero-order chi connectivity index (χ0) is 11.4. The molecule has 1 aromatic rings. The first-order valence-electron chi connectivity index (χ1n) is 4.05. The molecule has 0 N–H and O–H groups in total. The Labute approximate surface area is 105 Å². The summed E-state index contributed by atoms with van der Waals surface area (Å²) in [6.45, 7) is 0. The van der Waals surface area contributed by atoms with E-state index in [9.17, 15) is 14.9 Å². The van der Waals surface area contributed by atoms with Crippen LogP contribution in [0.15, 0.2) is 18.2 Å². The molecule has 0 aliphatic carbocycles. The summed E-state index contributed by atoms with van der Waals surface area (Å²) in [5, 5.41) is 10.6. The van der Waals surface area contributed by atoms with E-state index < -0.39 is 4.92 Å². The summed E-state index contributed by atoms with van der Waals surface area (Å²) < 4.78 is 0.499. The molecule has 0 saturated carbocycles. The second-order valence-electron chi connectivity index (χ2n) is 2.86. The van der Waals surface area contributed by atoms with Gasteiger partial charge in [0.2, 0.25) is 0 Å². The Morgan fingerprint density at radius 2 is 2.20 bits per heavy atom. The predicted octanol–water partition coefficient (Wildman–Crippen LogP) is 2.55. The first-order valence-corrected chi connectivity index (χ1v) is 5.67. The van der Waals surface area contributed by atoms with Crippen LogP contribution in [0.2, 0.25) is 0 Å². The van der Waals surface area contributed by atoms with E-state index >= 15 is 0 Å². The molecule has 4 nitrogen and oxygen atoms in total. The lowest BCUT2D eigenvalue weighted by atomic mass is 10.1. The van der Waals surface area contributed by atoms with Gasteiger partial charge in [-0.25, -0.2) is 0 Å². The molecule has 1 aromatic carbocycles. The molecule has 0 aliphatic rings. The number of rotatable bonds is 4. The van der Waals surface area contributed by atoms with Crippen molar-refractivity contribution in [3.05, 3.63) is 37.4 Å². The van der Waals surface area contributed by atoms with Crippen molar-refractivity contribution < 1.29 is 9.72 Å². The van der Waals surface area contributed by atoms with Gasteiger partial charge in [-0.05, 0) is 28.2 Å². The average Bonchev–Trinajstić information content (AvgIpc) is 2.20. The van der Waals surface area contributed by atoms with Crippen LogP contribution in [0.4, 0.5) is 5.69 Å². The number of Topliss-reactive ketones (excluding diaryl/α,β-unsaturated/α-hetero) is 1. The smallest absolute Gasteiger partial charge is 0.282 e. The first-order chi connectivity index (χ1) is 7.06. The fourth-order valence-corrected chi connectivity index (χ4v) is 1.95. The van der Waals surface area contributed by atoms with Gasteiger partial charge in [-0.1, -0.05) is 12.1 Å². The number of carbonyl (C=O) groups excluding carboxylic acids is 1. The molecule has 0 atom stereocenters. The van der Waals surface area contributed by atoms with Crippen LogP contribution >= 0.6 is 34.2 Å². The van der Waals surface area contributed by atoms with Crippen LogP contribution in [0.3, 0.4) is 0 Å². The molecular weight excluding hydrogens is 332 g/mol. The van der Waals surface area contributed by atoms with E-state index in [1.165, 1.54) is 6.07 Å². The van der Waals surface area contributed by atoms with Gasteiger partial charge in [0.15, 0.2) is 5.78 Å². The number of alkyl halides is 1. The zero-order valence-electron chi connectivity index (χ0n) is 7.57. The molecule has 0 amide bonds. The molecule has 0 aromatic heterocycles. The third-order valence-corrected chi connectivity index (χ3v) is 3.34. The van der Waals surface area contributed by atoms with Crippen molar-refractivity contribution in [1.29, 1.82) is 0 Å². The molecular formula is C9H7ClINO3. The lowest BCUT2D eigenvalue weighted by Gasteiger charge is -2.02. The van der Waals surface area contributed by atoms with Gasteiger partial charge >= 0.3 is 0 Å². The van der Waals surface area contributed by atoms with E-state index in [1.807, 2.05) is 22.6 Å². The second-order valence-corrected chi connectivity index (χ2v) is 4.20. The van der Waals surface area contributed by atoms with E-state index in [2.05, 4.69) is 0 Å². The zero-order valence-corrected chi connectivity index (χ0v) is 10.5. The molecule has 0 bridgehead atoms. The number of benzene rings is 1. The van der Waals surface area contributed by atoms with E-state index in [1.54, 1.807) is 12.1 Å². The SMILES string of the molecule is O=C(CCl)Cc1cccc([N+](=O)[O-])c1I. The van der Waals surface area contributed by atoms with Crippen LogP contribution in [0.5, 0.6) is 0 Å². The Hall–Kier alpha value is -0.690. The Morgan fingerprint density at radius 3 is 2.73 bits per heavy atom. The molecule has 15 heavy (non-hydrogen) atoms. The maximum absolute atomic E-state index is 11.1.